The number of aromatic amines is 1. The van der Waals surface area contributed by atoms with Crippen LogP contribution in [0.3, 0.4) is 0 Å². The highest BCUT2D eigenvalue weighted by Crippen LogP contribution is 2.28. The first-order valence-corrected chi connectivity index (χ1v) is 9.29. The molecule has 3 aromatic rings. The molecule has 4 heterocycles. The van der Waals surface area contributed by atoms with Gasteiger partial charge in [-0.1, -0.05) is 0 Å². The molecular formula is C19H19F3N6O. The molecule has 1 atom stereocenters. The predicted octanol–water partition coefficient (Wildman–Crippen LogP) is 3.06. The molecule has 0 saturated carbocycles. The summed E-state index contributed by atoms with van der Waals surface area (Å²) < 4.78 is 37.5. The van der Waals surface area contributed by atoms with Crippen LogP contribution in [0.25, 0.3) is 22.4 Å². The Morgan fingerprint density at radius 3 is 2.86 bits per heavy atom. The number of anilines is 1. The van der Waals surface area contributed by atoms with Crippen molar-refractivity contribution < 1.29 is 18.0 Å². The van der Waals surface area contributed by atoms with Gasteiger partial charge in [-0.25, -0.2) is 15.0 Å². The Bertz CT molecular complexity index is 1020. The summed E-state index contributed by atoms with van der Waals surface area (Å²) in [4.78, 5) is 30.4. The quantitative estimate of drug-likeness (QED) is 0.698. The van der Waals surface area contributed by atoms with E-state index in [1.807, 2.05) is 11.4 Å². The van der Waals surface area contributed by atoms with Gasteiger partial charge in [0, 0.05) is 36.1 Å². The normalized spacial score (nSPS) is 17.5. The Morgan fingerprint density at radius 2 is 2.03 bits per heavy atom. The van der Waals surface area contributed by atoms with Crippen LogP contribution in [0.1, 0.15) is 19.3 Å². The minimum Gasteiger partial charge on any atom is -0.346 e. The highest BCUT2D eigenvalue weighted by Gasteiger charge is 2.33. The van der Waals surface area contributed by atoms with Crippen LogP contribution in [0.2, 0.25) is 0 Å². The molecule has 0 unspecified atom stereocenters. The predicted molar refractivity (Wildman–Crippen MR) is 101 cm³/mol. The summed E-state index contributed by atoms with van der Waals surface area (Å²) in [5.41, 5.74) is 1.49. The van der Waals surface area contributed by atoms with Crippen molar-refractivity contribution in [3.8, 4) is 11.4 Å². The van der Waals surface area contributed by atoms with Crippen molar-refractivity contribution in [1.82, 2.24) is 25.3 Å². The van der Waals surface area contributed by atoms with E-state index in [1.54, 1.807) is 35.6 Å². The number of H-pyrrole nitrogens is 1. The highest BCUT2D eigenvalue weighted by molar-refractivity contribution is 5.91. The molecule has 0 aliphatic carbocycles. The van der Waals surface area contributed by atoms with E-state index in [9.17, 15) is 18.0 Å². The molecule has 10 heteroatoms. The molecule has 0 radical (unpaired) electrons. The van der Waals surface area contributed by atoms with Crippen LogP contribution in [0.5, 0.6) is 0 Å². The molecule has 1 aliphatic heterocycles. The summed E-state index contributed by atoms with van der Waals surface area (Å²) in [5, 5.41) is 2.86. The highest BCUT2D eigenvalue weighted by atomic mass is 19.4. The Hall–Kier alpha value is -3.17. The summed E-state index contributed by atoms with van der Waals surface area (Å²) in [7, 11) is 0. The maximum Gasteiger partial charge on any atom is 0.405 e. The fraction of sp³-hybridized carbons (Fsp3) is 0.368. The number of nitrogens with zero attached hydrogens (tertiary/aromatic N) is 4. The fourth-order valence-corrected chi connectivity index (χ4v) is 3.58. The number of amides is 1. The van der Waals surface area contributed by atoms with E-state index in [1.165, 1.54) is 0 Å². The van der Waals surface area contributed by atoms with E-state index < -0.39 is 24.7 Å². The third kappa shape index (κ3) is 4.15. The average molecular weight is 404 g/mol. The summed E-state index contributed by atoms with van der Waals surface area (Å²) in [6.45, 7) is -0.801. The van der Waals surface area contributed by atoms with E-state index in [-0.39, 0.29) is 0 Å². The number of carbonyl (C=O) groups excluding carboxylic acids is 1. The van der Waals surface area contributed by atoms with Crippen molar-refractivity contribution in [2.45, 2.75) is 31.5 Å². The Balaban J connectivity index is 1.62. The monoisotopic (exact) mass is 404 g/mol. The molecule has 3 aromatic heterocycles. The van der Waals surface area contributed by atoms with Crippen LogP contribution in [0, 0.1) is 0 Å². The molecule has 1 fully saturated rings. The number of rotatable bonds is 4. The summed E-state index contributed by atoms with van der Waals surface area (Å²) in [5.74, 6) is 0.344. The van der Waals surface area contributed by atoms with Crippen LogP contribution in [0.4, 0.5) is 19.0 Å². The third-order valence-corrected chi connectivity index (χ3v) is 4.90. The lowest BCUT2D eigenvalue weighted by Gasteiger charge is -2.35. The molecular weight excluding hydrogens is 385 g/mol. The second-order valence-corrected chi connectivity index (χ2v) is 6.87. The SMILES string of the molecule is O=C(NCC(F)(F)F)[C@H]1CCCCN1c1ccnc(-c2ccnc3[nH]ccc23)n1. The van der Waals surface area contributed by atoms with E-state index in [0.29, 0.717) is 30.3 Å². The number of alkyl halides is 3. The third-order valence-electron chi connectivity index (χ3n) is 4.90. The van der Waals surface area contributed by atoms with Crippen molar-refractivity contribution >= 4 is 22.8 Å². The van der Waals surface area contributed by atoms with Crippen LogP contribution < -0.4 is 10.2 Å². The van der Waals surface area contributed by atoms with Gasteiger partial charge in [0.15, 0.2) is 5.82 Å². The number of hydrogen-bond donors (Lipinski definition) is 2. The number of piperidine rings is 1. The zero-order valence-corrected chi connectivity index (χ0v) is 15.4. The molecule has 1 aliphatic rings. The van der Waals surface area contributed by atoms with Gasteiger partial charge in [-0.15, -0.1) is 0 Å². The summed E-state index contributed by atoms with van der Waals surface area (Å²) in [6, 6.07) is 4.66. The second-order valence-electron chi connectivity index (χ2n) is 6.87. The van der Waals surface area contributed by atoms with Crippen molar-refractivity contribution in [2.24, 2.45) is 0 Å². The Kier molecular flexibility index (Phi) is 5.08. The fourth-order valence-electron chi connectivity index (χ4n) is 3.58. The molecule has 0 aromatic carbocycles. The molecule has 152 valence electrons. The van der Waals surface area contributed by atoms with Gasteiger partial charge in [-0.3, -0.25) is 4.79 Å². The van der Waals surface area contributed by atoms with Gasteiger partial charge in [-0.05, 0) is 37.5 Å². The Morgan fingerprint density at radius 1 is 1.21 bits per heavy atom. The second kappa shape index (κ2) is 7.69. The first-order chi connectivity index (χ1) is 13.9. The van der Waals surface area contributed by atoms with E-state index in [4.69, 9.17) is 0 Å². The van der Waals surface area contributed by atoms with Crippen molar-refractivity contribution in [1.29, 1.82) is 0 Å². The summed E-state index contributed by atoms with van der Waals surface area (Å²) in [6.07, 6.45) is 2.65. The lowest BCUT2D eigenvalue weighted by atomic mass is 10.0. The van der Waals surface area contributed by atoms with Crippen LogP contribution in [-0.2, 0) is 4.79 Å². The van der Waals surface area contributed by atoms with Gasteiger partial charge >= 0.3 is 6.18 Å². The Labute approximate surface area is 164 Å². The number of pyridine rings is 1. The first-order valence-electron chi connectivity index (χ1n) is 9.29. The first kappa shape index (κ1) is 19.2. The molecule has 4 rings (SSSR count). The average Bonchev–Trinajstić information content (AvgIpc) is 3.20. The molecule has 2 N–H and O–H groups in total. The summed E-state index contributed by atoms with van der Waals surface area (Å²) >= 11 is 0. The van der Waals surface area contributed by atoms with Crippen LogP contribution in [-0.4, -0.2) is 51.2 Å². The maximum absolute atomic E-state index is 12.5. The van der Waals surface area contributed by atoms with Crippen molar-refractivity contribution in [2.75, 3.05) is 18.0 Å². The number of hydrogen-bond acceptors (Lipinski definition) is 5. The minimum atomic E-state index is -4.44. The number of carbonyl (C=O) groups is 1. The number of halogens is 3. The lowest BCUT2D eigenvalue weighted by Crippen LogP contribution is -2.51. The van der Waals surface area contributed by atoms with Crippen molar-refractivity contribution in [3.05, 3.63) is 36.8 Å². The molecule has 0 spiro atoms. The molecule has 1 amide bonds. The molecule has 0 bridgehead atoms. The standard InChI is InChI=1S/C19H19F3N6O/c20-19(21,22)11-26-18(29)14-3-1-2-10-28(14)15-6-9-25-17(27-15)13-5-8-24-16-12(13)4-7-23-16/h4-9,14H,1-3,10-11H2,(H,23,24)(H,26,29)/t14-/m1/s1. The van der Waals surface area contributed by atoms with Gasteiger partial charge in [0.05, 0.1) is 0 Å². The van der Waals surface area contributed by atoms with E-state index in [0.717, 1.165) is 23.8 Å². The topological polar surface area (TPSA) is 86.8 Å². The molecule has 7 nitrogen and oxygen atoms in total. The van der Waals surface area contributed by atoms with Gasteiger partial charge in [0.1, 0.15) is 24.1 Å². The molecule has 29 heavy (non-hydrogen) atoms. The van der Waals surface area contributed by atoms with Crippen molar-refractivity contribution in [3.63, 3.8) is 0 Å². The smallest absolute Gasteiger partial charge is 0.346 e. The van der Waals surface area contributed by atoms with Gasteiger partial charge < -0.3 is 15.2 Å². The number of fused-ring (bicyclic) bond motifs is 1. The lowest BCUT2D eigenvalue weighted by molar-refractivity contribution is -0.139. The van der Waals surface area contributed by atoms with E-state index >= 15 is 0 Å². The van der Waals surface area contributed by atoms with Gasteiger partial charge in [-0.2, -0.15) is 13.2 Å². The maximum atomic E-state index is 12.5. The van der Waals surface area contributed by atoms with Crippen LogP contribution >= 0.6 is 0 Å². The number of aromatic nitrogens is 4. The zero-order chi connectivity index (χ0) is 20.4. The van der Waals surface area contributed by atoms with Gasteiger partial charge in [0.2, 0.25) is 5.91 Å². The number of nitrogens with one attached hydrogen (secondary N) is 2. The van der Waals surface area contributed by atoms with Gasteiger partial charge in [0.25, 0.3) is 0 Å². The van der Waals surface area contributed by atoms with Crippen LogP contribution in [0.15, 0.2) is 36.8 Å². The minimum absolute atomic E-state index is 0.467. The van der Waals surface area contributed by atoms with E-state index in [2.05, 4.69) is 19.9 Å². The zero-order valence-electron chi connectivity index (χ0n) is 15.4. The molecule has 1 saturated heterocycles. The largest absolute Gasteiger partial charge is 0.405 e.